The topological polar surface area (TPSA) is 18.5 Å². The molecule has 0 radical (unpaired) electrons. The van der Waals surface area contributed by atoms with Crippen LogP contribution in [0.3, 0.4) is 0 Å². The summed E-state index contributed by atoms with van der Waals surface area (Å²) in [4.78, 5) is 0. The lowest BCUT2D eigenvalue weighted by Gasteiger charge is -2.73. The van der Waals surface area contributed by atoms with Gasteiger partial charge in [-0.05, 0) is 145 Å². The summed E-state index contributed by atoms with van der Waals surface area (Å²) in [6.07, 6.45) is 13.0. The number of ether oxygens (including phenoxy) is 2. The van der Waals surface area contributed by atoms with Gasteiger partial charge in [0.15, 0.2) is 0 Å². The fourth-order valence-electron chi connectivity index (χ4n) is 14.9. The van der Waals surface area contributed by atoms with Crippen LogP contribution in [0.2, 0.25) is 0 Å². The van der Waals surface area contributed by atoms with Crippen molar-refractivity contribution in [1.82, 2.24) is 0 Å². The Balaban J connectivity index is 1.46. The fraction of sp³-hybridized carbons (Fsp3) is 1.00. The van der Waals surface area contributed by atoms with E-state index in [2.05, 4.69) is 69.2 Å². The molecule has 0 amide bonds. The Labute approximate surface area is 256 Å². The SMILES string of the molecule is COCCC1CC(C2CCC(C)C3C(C)C4C(C)C5(C)C(C)C(C(C)C)C(C)CC5(C)CC4(C)CC23)CCC1OC. The zero-order valence-corrected chi connectivity index (χ0v) is 29.5. The molecule has 0 bridgehead atoms. The van der Waals surface area contributed by atoms with Crippen LogP contribution in [0.15, 0.2) is 0 Å². The zero-order valence-electron chi connectivity index (χ0n) is 29.5. The van der Waals surface area contributed by atoms with Gasteiger partial charge in [0.1, 0.15) is 0 Å². The minimum atomic E-state index is 0.435. The highest BCUT2D eigenvalue weighted by atomic mass is 16.5. The Hall–Kier alpha value is -0.0800. The van der Waals surface area contributed by atoms with Crippen LogP contribution in [0.4, 0.5) is 0 Å². The summed E-state index contributed by atoms with van der Waals surface area (Å²) in [5.41, 5.74) is 1.36. The summed E-state index contributed by atoms with van der Waals surface area (Å²) in [7, 11) is 3.81. The van der Waals surface area contributed by atoms with Crippen molar-refractivity contribution >= 4 is 0 Å². The zero-order chi connectivity index (χ0) is 30.1. The molecule has 2 nitrogen and oxygen atoms in total. The number of rotatable bonds is 6. The highest BCUT2D eigenvalue weighted by Gasteiger charge is 2.68. The molecule has 41 heavy (non-hydrogen) atoms. The highest BCUT2D eigenvalue weighted by Crippen LogP contribution is 2.75. The molecule has 0 aromatic heterocycles. The van der Waals surface area contributed by atoms with Crippen molar-refractivity contribution < 1.29 is 9.47 Å². The van der Waals surface area contributed by atoms with Crippen LogP contribution in [-0.2, 0) is 9.47 Å². The molecule has 2 heteroatoms. The predicted molar refractivity (Wildman–Crippen MR) is 174 cm³/mol. The molecule has 5 aliphatic rings. The monoisotopic (exact) mass is 571 g/mol. The van der Waals surface area contributed by atoms with E-state index >= 15 is 0 Å². The summed E-state index contributed by atoms with van der Waals surface area (Å²) < 4.78 is 11.6. The fourth-order valence-corrected chi connectivity index (χ4v) is 14.9. The van der Waals surface area contributed by atoms with E-state index < -0.39 is 0 Å². The molecule has 0 saturated heterocycles. The van der Waals surface area contributed by atoms with Crippen LogP contribution < -0.4 is 0 Å². The molecule has 238 valence electrons. The summed E-state index contributed by atoms with van der Waals surface area (Å²) in [5, 5.41) is 0. The van der Waals surface area contributed by atoms with E-state index in [1.54, 1.807) is 0 Å². The van der Waals surface area contributed by atoms with Crippen molar-refractivity contribution in [1.29, 1.82) is 0 Å². The van der Waals surface area contributed by atoms with Gasteiger partial charge in [-0.15, -0.1) is 0 Å². The molecule has 0 heterocycles. The summed E-state index contributed by atoms with van der Waals surface area (Å²) in [6, 6.07) is 0. The van der Waals surface area contributed by atoms with Crippen molar-refractivity contribution in [3.05, 3.63) is 0 Å². The number of methoxy groups -OCH3 is 2. The second-order valence-corrected chi connectivity index (χ2v) is 18.2. The van der Waals surface area contributed by atoms with E-state index in [0.717, 1.165) is 77.6 Å². The minimum Gasteiger partial charge on any atom is -0.385 e. The molecule has 5 aliphatic carbocycles. The van der Waals surface area contributed by atoms with E-state index in [4.69, 9.17) is 9.47 Å². The van der Waals surface area contributed by atoms with Gasteiger partial charge >= 0.3 is 0 Å². The van der Waals surface area contributed by atoms with Crippen LogP contribution >= 0.6 is 0 Å². The van der Waals surface area contributed by atoms with Gasteiger partial charge in [0.05, 0.1) is 6.10 Å². The molecule has 5 rings (SSSR count). The van der Waals surface area contributed by atoms with Crippen molar-refractivity contribution in [2.45, 2.75) is 133 Å². The van der Waals surface area contributed by atoms with Crippen LogP contribution in [0.1, 0.15) is 127 Å². The number of fused-ring (bicyclic) bond motifs is 3. The average Bonchev–Trinajstić information content (AvgIpc) is 2.89. The molecular formula is C39H70O2. The maximum absolute atomic E-state index is 6.03. The maximum atomic E-state index is 6.03. The van der Waals surface area contributed by atoms with Crippen LogP contribution in [-0.4, -0.2) is 26.9 Å². The van der Waals surface area contributed by atoms with Crippen molar-refractivity contribution in [2.75, 3.05) is 20.8 Å². The first-order chi connectivity index (χ1) is 19.2. The molecule has 0 aliphatic heterocycles. The van der Waals surface area contributed by atoms with Gasteiger partial charge in [0.25, 0.3) is 0 Å². The third-order valence-electron chi connectivity index (χ3n) is 16.2. The van der Waals surface area contributed by atoms with Crippen LogP contribution in [0.5, 0.6) is 0 Å². The smallest absolute Gasteiger partial charge is 0.0600 e. The van der Waals surface area contributed by atoms with E-state index in [9.17, 15) is 0 Å². The minimum absolute atomic E-state index is 0.435. The van der Waals surface area contributed by atoms with Crippen LogP contribution in [0.25, 0.3) is 0 Å². The highest BCUT2D eigenvalue weighted by molar-refractivity contribution is 5.17. The third kappa shape index (κ3) is 5.02. The molecule has 0 aromatic carbocycles. The first-order valence-electron chi connectivity index (χ1n) is 18.3. The second-order valence-electron chi connectivity index (χ2n) is 18.2. The van der Waals surface area contributed by atoms with E-state index in [-0.39, 0.29) is 0 Å². The van der Waals surface area contributed by atoms with Gasteiger partial charge in [-0.3, -0.25) is 0 Å². The summed E-state index contributed by atoms with van der Waals surface area (Å²) >= 11 is 0. The Kier molecular flexibility index (Phi) is 9.21. The molecule has 5 fully saturated rings. The van der Waals surface area contributed by atoms with Gasteiger partial charge < -0.3 is 9.47 Å². The maximum Gasteiger partial charge on any atom is 0.0600 e. The quantitative estimate of drug-likeness (QED) is 0.316. The molecule has 16 unspecified atom stereocenters. The van der Waals surface area contributed by atoms with Gasteiger partial charge in [-0.1, -0.05) is 75.7 Å². The number of hydrogen-bond donors (Lipinski definition) is 0. The normalized spacial score (nSPS) is 55.7. The lowest BCUT2D eigenvalue weighted by Crippen LogP contribution is -2.67. The Morgan fingerprint density at radius 3 is 2.15 bits per heavy atom. The number of hydrogen-bond acceptors (Lipinski definition) is 2. The molecule has 0 spiro atoms. The Bertz CT molecular complexity index is 898. The van der Waals surface area contributed by atoms with Gasteiger partial charge in [0, 0.05) is 20.8 Å². The lowest BCUT2D eigenvalue weighted by molar-refractivity contribution is -0.249. The molecule has 5 saturated carbocycles. The Morgan fingerprint density at radius 1 is 0.805 bits per heavy atom. The van der Waals surface area contributed by atoms with Gasteiger partial charge in [-0.25, -0.2) is 0 Å². The first-order valence-corrected chi connectivity index (χ1v) is 18.3. The third-order valence-corrected chi connectivity index (χ3v) is 16.2. The molecule has 16 atom stereocenters. The largest absolute Gasteiger partial charge is 0.385 e. The van der Waals surface area contributed by atoms with E-state index in [1.807, 2.05) is 14.2 Å². The molecule has 0 N–H and O–H groups in total. The van der Waals surface area contributed by atoms with Gasteiger partial charge in [0.2, 0.25) is 0 Å². The predicted octanol–water partition coefficient (Wildman–Crippen LogP) is 10.4. The second kappa shape index (κ2) is 11.7. The first kappa shape index (κ1) is 32.3. The van der Waals surface area contributed by atoms with Gasteiger partial charge in [-0.2, -0.15) is 0 Å². The molecule has 0 aromatic rings. The van der Waals surface area contributed by atoms with E-state index in [1.165, 1.54) is 57.8 Å². The average molecular weight is 571 g/mol. The van der Waals surface area contributed by atoms with Crippen molar-refractivity contribution in [3.8, 4) is 0 Å². The van der Waals surface area contributed by atoms with Crippen molar-refractivity contribution in [2.24, 2.45) is 93.2 Å². The van der Waals surface area contributed by atoms with Crippen LogP contribution in [0, 0.1) is 93.2 Å². The lowest BCUT2D eigenvalue weighted by atomic mass is 9.31. The summed E-state index contributed by atoms with van der Waals surface area (Å²) in [6.45, 7) is 27.7. The molecular weight excluding hydrogens is 500 g/mol. The standard InChI is InChI=1S/C39H70O2/c1-23(2)34-25(4)20-38(9)22-37(8)21-32-31(29-14-16-33(41-12)30(19-29)17-18-40-11)15-13-24(3)35(32)26(5)36(37)28(7)39(38,10)27(34)6/h23-36H,13-22H2,1-12H3. The van der Waals surface area contributed by atoms with E-state index in [0.29, 0.717) is 28.3 Å². The Morgan fingerprint density at radius 2 is 1.51 bits per heavy atom. The summed E-state index contributed by atoms with van der Waals surface area (Å²) in [5.74, 6) is 11.0. The van der Waals surface area contributed by atoms with Crippen molar-refractivity contribution in [3.63, 3.8) is 0 Å².